The van der Waals surface area contributed by atoms with E-state index in [1.807, 2.05) is 12.3 Å². The molecule has 5 rings (SSSR count). The van der Waals surface area contributed by atoms with Crippen molar-refractivity contribution in [3.8, 4) is 0 Å². The molecular formula is C25H33N7O4. The van der Waals surface area contributed by atoms with Crippen LogP contribution in [0.1, 0.15) is 55.1 Å². The van der Waals surface area contributed by atoms with Crippen molar-refractivity contribution in [2.45, 2.75) is 62.8 Å². The van der Waals surface area contributed by atoms with Gasteiger partial charge in [-0.25, -0.2) is 9.50 Å². The fourth-order valence-electron chi connectivity index (χ4n) is 5.12. The average Bonchev–Trinajstić information content (AvgIpc) is 3.32. The normalized spacial score (nSPS) is 23.8. The van der Waals surface area contributed by atoms with E-state index in [0.717, 1.165) is 38.5 Å². The minimum atomic E-state index is -0.269. The van der Waals surface area contributed by atoms with Crippen LogP contribution in [-0.4, -0.2) is 64.6 Å². The van der Waals surface area contributed by atoms with Crippen LogP contribution < -0.4 is 21.5 Å². The van der Waals surface area contributed by atoms with E-state index in [2.05, 4.69) is 26.0 Å². The molecule has 0 bridgehead atoms. The number of amides is 1. The first kappa shape index (κ1) is 24.3. The van der Waals surface area contributed by atoms with E-state index in [0.29, 0.717) is 28.5 Å². The Morgan fingerprint density at radius 1 is 1.08 bits per heavy atom. The number of anilines is 3. The highest BCUT2D eigenvalue weighted by Gasteiger charge is 2.33. The topological polar surface area (TPSA) is 124 Å². The minimum Gasteiger partial charge on any atom is -0.385 e. The molecule has 1 amide bonds. The lowest BCUT2D eigenvalue weighted by Crippen LogP contribution is -2.51. The van der Waals surface area contributed by atoms with Crippen molar-refractivity contribution in [3.63, 3.8) is 0 Å². The van der Waals surface area contributed by atoms with Gasteiger partial charge in [-0.1, -0.05) is 0 Å². The number of aromatic nitrogens is 4. The van der Waals surface area contributed by atoms with Gasteiger partial charge in [0, 0.05) is 39.6 Å². The molecule has 36 heavy (non-hydrogen) atoms. The van der Waals surface area contributed by atoms with Gasteiger partial charge >= 0.3 is 0 Å². The van der Waals surface area contributed by atoms with Gasteiger partial charge in [-0.05, 0) is 50.7 Å². The smallest absolute Gasteiger partial charge is 0.274 e. The van der Waals surface area contributed by atoms with Crippen molar-refractivity contribution in [2.75, 3.05) is 31.9 Å². The SMILES string of the molecule is CNc1cc(Nc2cccn(C3CCC(OC)CC3)c2=O)nn2c(C(=O)N[C@@H]3CC[C@H]3OC)cnc12. The van der Waals surface area contributed by atoms with Gasteiger partial charge in [0.25, 0.3) is 11.5 Å². The maximum absolute atomic E-state index is 13.3. The van der Waals surface area contributed by atoms with Crippen LogP contribution in [0.3, 0.4) is 0 Å². The summed E-state index contributed by atoms with van der Waals surface area (Å²) in [5, 5.41) is 13.9. The summed E-state index contributed by atoms with van der Waals surface area (Å²) >= 11 is 0. The van der Waals surface area contributed by atoms with Crippen LogP contribution in [0, 0.1) is 0 Å². The molecule has 11 nitrogen and oxygen atoms in total. The fraction of sp³-hybridized carbons (Fsp3) is 0.520. The molecule has 192 valence electrons. The van der Waals surface area contributed by atoms with Crippen LogP contribution in [0.5, 0.6) is 0 Å². The average molecular weight is 496 g/mol. The van der Waals surface area contributed by atoms with Gasteiger partial charge in [-0.15, -0.1) is 5.10 Å². The molecule has 2 aliphatic rings. The molecule has 2 saturated carbocycles. The third kappa shape index (κ3) is 4.56. The van der Waals surface area contributed by atoms with E-state index in [4.69, 9.17) is 9.47 Å². The number of hydrogen-bond donors (Lipinski definition) is 3. The lowest BCUT2D eigenvalue weighted by molar-refractivity contribution is 0.00718. The van der Waals surface area contributed by atoms with Crippen LogP contribution in [0.2, 0.25) is 0 Å². The first-order valence-electron chi connectivity index (χ1n) is 12.4. The Labute approximate surface area is 209 Å². The van der Waals surface area contributed by atoms with E-state index in [1.165, 1.54) is 10.7 Å². The van der Waals surface area contributed by atoms with Crippen LogP contribution in [0.4, 0.5) is 17.2 Å². The van der Waals surface area contributed by atoms with Crippen molar-refractivity contribution in [3.05, 3.63) is 46.6 Å². The first-order valence-corrected chi connectivity index (χ1v) is 12.4. The molecule has 3 aromatic rings. The Balaban J connectivity index is 1.41. The van der Waals surface area contributed by atoms with Crippen molar-refractivity contribution in [2.24, 2.45) is 0 Å². The molecule has 3 aromatic heterocycles. The molecule has 0 aliphatic heterocycles. The third-order valence-electron chi connectivity index (χ3n) is 7.41. The second kappa shape index (κ2) is 10.3. The van der Waals surface area contributed by atoms with Crippen LogP contribution in [-0.2, 0) is 9.47 Å². The number of methoxy groups -OCH3 is 2. The number of pyridine rings is 1. The first-order chi connectivity index (χ1) is 17.5. The molecule has 3 heterocycles. The third-order valence-corrected chi connectivity index (χ3v) is 7.41. The number of carbonyl (C=O) groups is 1. The Bertz CT molecular complexity index is 1290. The molecule has 11 heteroatoms. The molecule has 2 aliphatic carbocycles. The Morgan fingerprint density at radius 2 is 1.89 bits per heavy atom. The van der Waals surface area contributed by atoms with E-state index in [9.17, 15) is 9.59 Å². The monoisotopic (exact) mass is 495 g/mol. The predicted molar refractivity (Wildman–Crippen MR) is 136 cm³/mol. The predicted octanol–water partition coefficient (Wildman–Crippen LogP) is 2.71. The van der Waals surface area contributed by atoms with E-state index in [1.54, 1.807) is 38.0 Å². The van der Waals surface area contributed by atoms with Gasteiger partial charge in [-0.2, -0.15) is 0 Å². The zero-order valence-electron chi connectivity index (χ0n) is 20.9. The molecule has 2 atom stereocenters. The van der Waals surface area contributed by atoms with Crippen LogP contribution >= 0.6 is 0 Å². The Kier molecular flexibility index (Phi) is 6.92. The van der Waals surface area contributed by atoms with Gasteiger partial charge in [0.15, 0.2) is 17.2 Å². The summed E-state index contributed by atoms with van der Waals surface area (Å²) < 4.78 is 14.2. The number of ether oxygens (including phenoxy) is 2. The Hall–Kier alpha value is -3.44. The second-order valence-corrected chi connectivity index (χ2v) is 9.43. The van der Waals surface area contributed by atoms with Gasteiger partial charge < -0.3 is 30.0 Å². The zero-order valence-corrected chi connectivity index (χ0v) is 20.9. The summed E-state index contributed by atoms with van der Waals surface area (Å²) in [6, 6.07) is 5.50. The summed E-state index contributed by atoms with van der Waals surface area (Å²) in [5.41, 5.74) is 1.83. The number of rotatable bonds is 8. The van der Waals surface area contributed by atoms with Gasteiger partial charge in [0.2, 0.25) is 0 Å². The largest absolute Gasteiger partial charge is 0.385 e. The van der Waals surface area contributed by atoms with Gasteiger partial charge in [0.05, 0.1) is 30.1 Å². The molecule has 0 aromatic carbocycles. The van der Waals surface area contributed by atoms with Crippen molar-refractivity contribution in [1.82, 2.24) is 24.5 Å². The zero-order chi connectivity index (χ0) is 25.2. The number of nitrogens with zero attached hydrogens (tertiary/aromatic N) is 4. The molecule has 0 saturated heterocycles. The lowest BCUT2D eigenvalue weighted by atomic mass is 9.89. The Morgan fingerprint density at radius 3 is 2.56 bits per heavy atom. The van der Waals surface area contributed by atoms with E-state index in [-0.39, 0.29) is 35.8 Å². The molecule has 2 fully saturated rings. The summed E-state index contributed by atoms with van der Waals surface area (Å²) in [6.07, 6.45) is 9.10. The lowest BCUT2D eigenvalue weighted by Gasteiger charge is -2.35. The molecule has 0 unspecified atom stereocenters. The molecular weight excluding hydrogens is 462 g/mol. The fourth-order valence-corrected chi connectivity index (χ4v) is 5.12. The van der Waals surface area contributed by atoms with Gasteiger partial charge in [-0.3, -0.25) is 9.59 Å². The van der Waals surface area contributed by atoms with E-state index < -0.39 is 0 Å². The molecule has 0 spiro atoms. The number of fused-ring (bicyclic) bond motifs is 1. The maximum Gasteiger partial charge on any atom is 0.274 e. The van der Waals surface area contributed by atoms with Crippen molar-refractivity contribution < 1.29 is 14.3 Å². The minimum absolute atomic E-state index is 0.0241. The number of hydrogen-bond acceptors (Lipinski definition) is 8. The summed E-state index contributed by atoms with van der Waals surface area (Å²) in [5.74, 6) is 0.157. The quantitative estimate of drug-likeness (QED) is 0.436. The van der Waals surface area contributed by atoms with E-state index >= 15 is 0 Å². The highest BCUT2D eigenvalue weighted by atomic mass is 16.5. The van der Waals surface area contributed by atoms with Crippen LogP contribution in [0.15, 0.2) is 35.4 Å². The highest BCUT2D eigenvalue weighted by Crippen LogP contribution is 2.29. The highest BCUT2D eigenvalue weighted by molar-refractivity contribution is 5.94. The number of carbonyl (C=O) groups excluding carboxylic acids is 1. The maximum atomic E-state index is 13.3. The van der Waals surface area contributed by atoms with Crippen molar-refractivity contribution in [1.29, 1.82) is 0 Å². The van der Waals surface area contributed by atoms with Crippen LogP contribution in [0.25, 0.3) is 5.65 Å². The number of nitrogens with one attached hydrogen (secondary N) is 3. The summed E-state index contributed by atoms with van der Waals surface area (Å²) in [4.78, 5) is 30.7. The summed E-state index contributed by atoms with van der Waals surface area (Å²) in [6.45, 7) is 0. The number of imidazole rings is 1. The second-order valence-electron chi connectivity index (χ2n) is 9.43. The molecule has 3 N–H and O–H groups in total. The van der Waals surface area contributed by atoms with Gasteiger partial charge in [0.1, 0.15) is 5.69 Å². The van der Waals surface area contributed by atoms with Crippen molar-refractivity contribution >= 4 is 28.7 Å². The molecule has 0 radical (unpaired) electrons. The standard InChI is InChI=1S/C25H33N7O4/c1-26-19-13-22(28-18-5-4-12-31(25(18)34)15-6-8-16(35-2)9-7-15)30-32-20(14-27-23(19)32)24(33)29-17-10-11-21(17)36-3/h4-5,12-17,21,26H,6-11H2,1-3H3,(H,28,30)(H,29,33)/t15?,16?,17-,21-/m1/s1. The summed E-state index contributed by atoms with van der Waals surface area (Å²) in [7, 11) is 5.17.